The normalized spacial score (nSPS) is 9.56. The minimum atomic E-state index is 0.528. The van der Waals surface area contributed by atoms with Crippen molar-refractivity contribution in [1.29, 1.82) is 0 Å². The van der Waals surface area contributed by atoms with Crippen LogP contribution in [0.25, 0.3) is 0 Å². The zero-order valence-electron chi connectivity index (χ0n) is 5.37. The lowest BCUT2D eigenvalue weighted by molar-refractivity contribution is 2.06. The van der Waals surface area contributed by atoms with Crippen LogP contribution in [0.15, 0.2) is 24.0 Å². The highest BCUT2D eigenvalue weighted by Gasteiger charge is 2.00. The number of hydrogen-bond donors (Lipinski definition) is 0. The van der Waals surface area contributed by atoms with Crippen molar-refractivity contribution in [2.24, 2.45) is 0 Å². The molecule has 0 atom stereocenters. The molecule has 0 bridgehead atoms. The van der Waals surface area contributed by atoms with Crippen LogP contribution >= 0.6 is 35.3 Å². The molecule has 0 amide bonds. The van der Waals surface area contributed by atoms with Crippen LogP contribution in [0.2, 0.25) is 0 Å². The summed E-state index contributed by atoms with van der Waals surface area (Å²) in [7, 11) is 0. The first-order chi connectivity index (χ1) is 4.35. The summed E-state index contributed by atoms with van der Waals surface area (Å²) < 4.78 is 0.528. The zero-order chi connectivity index (χ0) is 7.11. The average molecular weight is 178 g/mol. The number of rotatable bonds is 5. The van der Waals surface area contributed by atoms with Crippen molar-refractivity contribution >= 4 is 35.3 Å². The Bertz CT molecular complexity index is 80.3. The van der Waals surface area contributed by atoms with Gasteiger partial charge < -0.3 is 0 Å². The van der Waals surface area contributed by atoms with Crippen LogP contribution in [0.4, 0.5) is 0 Å². The molecule has 9 heavy (non-hydrogen) atoms. The molecule has 0 aliphatic carbocycles. The molecule has 0 fully saturated rings. The second-order valence-corrected chi connectivity index (χ2v) is 5.12. The molecule has 3 heteroatoms. The molecule has 0 aromatic heterocycles. The SMILES string of the molecule is C=CSC(SC)SC=C. The van der Waals surface area contributed by atoms with Gasteiger partial charge in [0.15, 0.2) is 0 Å². The van der Waals surface area contributed by atoms with E-state index in [2.05, 4.69) is 19.4 Å². The number of thioether (sulfide) groups is 3. The Balaban J connectivity index is 3.39. The van der Waals surface area contributed by atoms with Crippen molar-refractivity contribution in [3.8, 4) is 0 Å². The summed E-state index contributed by atoms with van der Waals surface area (Å²) >= 11 is 5.24. The van der Waals surface area contributed by atoms with Gasteiger partial charge >= 0.3 is 0 Å². The second-order valence-electron chi connectivity index (χ2n) is 1.13. The third kappa shape index (κ3) is 5.00. The Morgan fingerprint density at radius 2 is 1.67 bits per heavy atom. The van der Waals surface area contributed by atoms with E-state index in [0.29, 0.717) is 3.91 Å². The molecule has 0 aliphatic rings. The summed E-state index contributed by atoms with van der Waals surface area (Å²) in [6, 6.07) is 0. The lowest BCUT2D eigenvalue weighted by Crippen LogP contribution is -1.81. The van der Waals surface area contributed by atoms with Crippen molar-refractivity contribution in [2.45, 2.75) is 3.91 Å². The Morgan fingerprint density at radius 3 is 1.89 bits per heavy atom. The summed E-state index contributed by atoms with van der Waals surface area (Å²) in [4.78, 5) is 0. The van der Waals surface area contributed by atoms with Crippen molar-refractivity contribution in [1.82, 2.24) is 0 Å². The molecule has 0 N–H and O–H groups in total. The molecular weight excluding hydrogens is 168 g/mol. The fourth-order valence-corrected chi connectivity index (χ4v) is 2.70. The first kappa shape index (κ1) is 9.53. The van der Waals surface area contributed by atoms with E-state index >= 15 is 0 Å². The van der Waals surface area contributed by atoms with Crippen molar-refractivity contribution in [2.75, 3.05) is 6.26 Å². The minimum Gasteiger partial charge on any atom is -0.139 e. The average Bonchev–Trinajstić information content (AvgIpc) is 1.88. The molecule has 0 spiro atoms. The maximum Gasteiger partial charge on any atom is 0.103 e. The van der Waals surface area contributed by atoms with Crippen LogP contribution in [-0.2, 0) is 0 Å². The first-order valence-corrected chi connectivity index (χ1v) is 5.58. The predicted octanol–water partition coefficient (Wildman–Crippen LogP) is 3.39. The van der Waals surface area contributed by atoms with Gasteiger partial charge in [0.05, 0.1) is 0 Å². The van der Waals surface area contributed by atoms with Gasteiger partial charge in [-0.1, -0.05) is 13.2 Å². The third-order valence-corrected chi connectivity index (χ3v) is 4.31. The standard InChI is InChI=1S/C6H10S3/c1-4-8-6(7-3)9-5-2/h4-6H,1-2H2,3H3. The second kappa shape index (κ2) is 6.65. The van der Waals surface area contributed by atoms with Gasteiger partial charge in [-0.2, -0.15) is 0 Å². The maximum absolute atomic E-state index is 3.63. The van der Waals surface area contributed by atoms with Crippen LogP contribution in [0, 0.1) is 0 Å². The van der Waals surface area contributed by atoms with Crippen molar-refractivity contribution in [3.05, 3.63) is 24.0 Å². The summed E-state index contributed by atoms with van der Waals surface area (Å²) in [6.07, 6.45) is 2.08. The Kier molecular flexibility index (Phi) is 7.04. The number of hydrogen-bond acceptors (Lipinski definition) is 3. The van der Waals surface area contributed by atoms with E-state index in [0.717, 1.165) is 0 Å². The summed E-state index contributed by atoms with van der Waals surface area (Å²) in [5.74, 6) is 0. The van der Waals surface area contributed by atoms with E-state index in [-0.39, 0.29) is 0 Å². The Morgan fingerprint density at radius 1 is 1.22 bits per heavy atom. The lowest BCUT2D eigenvalue weighted by Gasteiger charge is -2.05. The molecular formula is C6H10S3. The van der Waals surface area contributed by atoms with Gasteiger partial charge in [0.2, 0.25) is 0 Å². The Hall–Kier alpha value is 0.530. The highest BCUT2D eigenvalue weighted by Crippen LogP contribution is 2.32. The first-order valence-electron chi connectivity index (χ1n) is 2.40. The van der Waals surface area contributed by atoms with Gasteiger partial charge in [-0.3, -0.25) is 0 Å². The van der Waals surface area contributed by atoms with Crippen LogP contribution in [-0.4, -0.2) is 10.2 Å². The molecule has 0 unspecified atom stereocenters. The molecule has 0 rings (SSSR count). The van der Waals surface area contributed by atoms with Crippen LogP contribution in [0.5, 0.6) is 0 Å². The van der Waals surface area contributed by atoms with Crippen molar-refractivity contribution in [3.63, 3.8) is 0 Å². The van der Waals surface area contributed by atoms with Gasteiger partial charge in [0.1, 0.15) is 3.91 Å². The largest absolute Gasteiger partial charge is 0.139 e. The fourth-order valence-electron chi connectivity index (χ4n) is 0.300. The van der Waals surface area contributed by atoms with E-state index in [4.69, 9.17) is 0 Å². The van der Waals surface area contributed by atoms with Gasteiger partial charge in [0.25, 0.3) is 0 Å². The highest BCUT2D eigenvalue weighted by molar-refractivity contribution is 8.33. The van der Waals surface area contributed by atoms with E-state index in [1.165, 1.54) is 0 Å². The maximum atomic E-state index is 3.63. The minimum absolute atomic E-state index is 0.528. The third-order valence-electron chi connectivity index (χ3n) is 0.607. The molecule has 0 radical (unpaired) electrons. The van der Waals surface area contributed by atoms with E-state index in [9.17, 15) is 0 Å². The van der Waals surface area contributed by atoms with E-state index in [1.54, 1.807) is 35.3 Å². The fraction of sp³-hybridized carbons (Fsp3) is 0.333. The van der Waals surface area contributed by atoms with Crippen LogP contribution in [0.3, 0.4) is 0 Å². The van der Waals surface area contributed by atoms with Gasteiger partial charge in [-0.05, 0) is 17.1 Å². The highest BCUT2D eigenvalue weighted by atomic mass is 32.3. The molecule has 0 aromatic rings. The van der Waals surface area contributed by atoms with Crippen LogP contribution in [0.1, 0.15) is 0 Å². The summed E-state index contributed by atoms with van der Waals surface area (Å²) in [5.41, 5.74) is 0. The van der Waals surface area contributed by atoms with E-state index < -0.39 is 0 Å². The predicted molar refractivity (Wildman–Crippen MR) is 52.9 cm³/mol. The molecule has 0 saturated carbocycles. The monoisotopic (exact) mass is 178 g/mol. The molecule has 0 nitrogen and oxygen atoms in total. The van der Waals surface area contributed by atoms with Crippen LogP contribution < -0.4 is 0 Å². The van der Waals surface area contributed by atoms with Gasteiger partial charge in [-0.25, -0.2) is 0 Å². The quantitative estimate of drug-likeness (QED) is 0.592. The topological polar surface area (TPSA) is 0 Å². The molecule has 0 aliphatic heterocycles. The van der Waals surface area contributed by atoms with E-state index in [1.807, 2.05) is 10.8 Å². The molecule has 0 heterocycles. The van der Waals surface area contributed by atoms with Crippen molar-refractivity contribution < 1.29 is 0 Å². The summed E-state index contributed by atoms with van der Waals surface area (Å²) in [6.45, 7) is 7.27. The van der Waals surface area contributed by atoms with Gasteiger partial charge in [0, 0.05) is 0 Å². The smallest absolute Gasteiger partial charge is 0.103 e. The van der Waals surface area contributed by atoms with Gasteiger partial charge in [-0.15, -0.1) is 35.3 Å². The zero-order valence-corrected chi connectivity index (χ0v) is 7.82. The summed E-state index contributed by atoms with van der Waals surface area (Å²) in [5, 5.41) is 3.72. The Labute approximate surface area is 69.6 Å². The molecule has 0 saturated heterocycles. The molecule has 52 valence electrons. The molecule has 0 aromatic carbocycles. The lowest BCUT2D eigenvalue weighted by atomic mass is 11.3.